The molecule has 0 saturated carbocycles. The van der Waals surface area contributed by atoms with Crippen molar-refractivity contribution in [2.45, 2.75) is 6.42 Å². The molecule has 0 unspecified atom stereocenters. The first-order valence-corrected chi connectivity index (χ1v) is 4.79. The Morgan fingerprint density at radius 3 is 3.14 bits per heavy atom. The van der Waals surface area contributed by atoms with Gasteiger partial charge in [0.25, 0.3) is 0 Å². The maximum absolute atomic E-state index is 5.97. The van der Waals surface area contributed by atoms with Gasteiger partial charge in [0.15, 0.2) is 0 Å². The van der Waals surface area contributed by atoms with Crippen LogP contribution in [0.25, 0.3) is 10.9 Å². The van der Waals surface area contributed by atoms with Crippen LogP contribution in [0.5, 0.6) is 0 Å². The topological polar surface area (TPSA) is 37.9 Å². The van der Waals surface area contributed by atoms with E-state index in [1.807, 2.05) is 18.3 Å². The summed E-state index contributed by atoms with van der Waals surface area (Å²) >= 11 is 5.97. The van der Waals surface area contributed by atoms with Crippen molar-refractivity contribution in [1.29, 1.82) is 0 Å². The predicted octanol–water partition coefficient (Wildman–Crippen LogP) is 2.41. The average Bonchev–Trinajstić information content (AvgIpc) is 2.61. The van der Waals surface area contributed by atoms with Crippen LogP contribution in [0.15, 0.2) is 18.3 Å². The quantitative estimate of drug-likeness (QED) is 0.845. The summed E-state index contributed by atoms with van der Waals surface area (Å²) in [6.45, 7) is 0.695. The molecule has 74 valence electrons. The molecule has 0 radical (unpaired) electrons. The Bertz CT molecular complexity index is 439. The van der Waals surface area contributed by atoms with Crippen LogP contribution in [0.3, 0.4) is 0 Å². The van der Waals surface area contributed by atoms with E-state index in [1.165, 1.54) is 5.56 Å². The van der Waals surface area contributed by atoms with Gasteiger partial charge < -0.3 is 4.74 Å². The SMILES string of the molecule is COCCc1cc(Cl)cc2[nH]ncc12. The minimum absolute atomic E-state index is 0.695. The van der Waals surface area contributed by atoms with Crippen LogP contribution in [-0.4, -0.2) is 23.9 Å². The number of benzene rings is 1. The van der Waals surface area contributed by atoms with E-state index >= 15 is 0 Å². The van der Waals surface area contributed by atoms with Gasteiger partial charge in [0.2, 0.25) is 0 Å². The summed E-state index contributed by atoms with van der Waals surface area (Å²) in [5.74, 6) is 0. The number of aromatic amines is 1. The van der Waals surface area contributed by atoms with E-state index < -0.39 is 0 Å². The predicted molar refractivity (Wildman–Crippen MR) is 56.7 cm³/mol. The van der Waals surface area contributed by atoms with Crippen molar-refractivity contribution in [3.8, 4) is 0 Å². The molecule has 1 heterocycles. The molecular formula is C10H11ClN2O. The summed E-state index contributed by atoms with van der Waals surface area (Å²) in [4.78, 5) is 0. The fourth-order valence-corrected chi connectivity index (χ4v) is 1.75. The van der Waals surface area contributed by atoms with Crippen LogP contribution in [0.1, 0.15) is 5.56 Å². The van der Waals surface area contributed by atoms with Gasteiger partial charge >= 0.3 is 0 Å². The number of hydrogen-bond acceptors (Lipinski definition) is 2. The third kappa shape index (κ3) is 1.74. The largest absolute Gasteiger partial charge is 0.384 e. The summed E-state index contributed by atoms with van der Waals surface area (Å²) in [6, 6.07) is 3.83. The first-order valence-electron chi connectivity index (χ1n) is 4.41. The Balaban J connectivity index is 2.44. The number of aromatic nitrogens is 2. The molecule has 0 fully saturated rings. The second-order valence-electron chi connectivity index (χ2n) is 3.14. The normalized spacial score (nSPS) is 11.0. The molecule has 3 nitrogen and oxygen atoms in total. The van der Waals surface area contributed by atoms with Gasteiger partial charge in [-0.25, -0.2) is 0 Å². The lowest BCUT2D eigenvalue weighted by molar-refractivity contribution is 0.202. The van der Waals surface area contributed by atoms with Crippen LogP contribution in [0.2, 0.25) is 5.02 Å². The highest BCUT2D eigenvalue weighted by atomic mass is 35.5. The third-order valence-electron chi connectivity index (χ3n) is 2.18. The summed E-state index contributed by atoms with van der Waals surface area (Å²) in [5, 5.41) is 8.74. The molecule has 0 spiro atoms. The minimum Gasteiger partial charge on any atom is -0.384 e. The second kappa shape index (κ2) is 3.98. The minimum atomic E-state index is 0.695. The van der Waals surface area contributed by atoms with Crippen molar-refractivity contribution >= 4 is 22.5 Å². The summed E-state index contributed by atoms with van der Waals surface area (Å²) < 4.78 is 5.04. The number of fused-ring (bicyclic) bond motifs is 1. The smallest absolute Gasteiger partial charge is 0.0667 e. The number of nitrogens with zero attached hydrogens (tertiary/aromatic N) is 1. The van der Waals surface area contributed by atoms with Gasteiger partial charge in [-0.15, -0.1) is 0 Å². The molecule has 0 aliphatic carbocycles. The Kier molecular flexibility index (Phi) is 2.70. The number of H-pyrrole nitrogens is 1. The molecule has 0 saturated heterocycles. The zero-order valence-corrected chi connectivity index (χ0v) is 8.64. The molecular weight excluding hydrogens is 200 g/mol. The van der Waals surface area contributed by atoms with Crippen LogP contribution in [-0.2, 0) is 11.2 Å². The third-order valence-corrected chi connectivity index (χ3v) is 2.40. The highest BCUT2D eigenvalue weighted by Gasteiger charge is 2.04. The number of hydrogen-bond donors (Lipinski definition) is 1. The maximum atomic E-state index is 5.97. The van der Waals surface area contributed by atoms with Gasteiger partial charge in [0.1, 0.15) is 0 Å². The molecule has 0 aliphatic heterocycles. The van der Waals surface area contributed by atoms with Crippen molar-refractivity contribution in [3.63, 3.8) is 0 Å². The highest BCUT2D eigenvalue weighted by molar-refractivity contribution is 6.31. The van der Waals surface area contributed by atoms with Gasteiger partial charge in [-0.05, 0) is 24.1 Å². The molecule has 0 bridgehead atoms. The lowest BCUT2D eigenvalue weighted by Crippen LogP contribution is -1.94. The van der Waals surface area contributed by atoms with Crippen LogP contribution < -0.4 is 0 Å². The average molecular weight is 211 g/mol. The van der Waals surface area contributed by atoms with E-state index in [4.69, 9.17) is 16.3 Å². The van der Waals surface area contributed by atoms with Gasteiger partial charge in [-0.3, -0.25) is 5.10 Å². The van der Waals surface area contributed by atoms with Crippen molar-refractivity contribution < 1.29 is 4.74 Å². The fraction of sp³-hybridized carbons (Fsp3) is 0.300. The molecule has 1 aromatic carbocycles. The standard InChI is InChI=1S/C10H11ClN2O/c1-14-3-2-7-4-8(11)5-10-9(7)6-12-13-10/h4-6H,2-3H2,1H3,(H,12,13). The Morgan fingerprint density at radius 1 is 1.50 bits per heavy atom. The first kappa shape index (κ1) is 9.49. The van der Waals surface area contributed by atoms with Crippen LogP contribution >= 0.6 is 11.6 Å². The summed E-state index contributed by atoms with van der Waals surface area (Å²) in [6.07, 6.45) is 2.67. The maximum Gasteiger partial charge on any atom is 0.0667 e. The van der Waals surface area contributed by atoms with Gasteiger partial charge in [0.05, 0.1) is 18.3 Å². The summed E-state index contributed by atoms with van der Waals surface area (Å²) in [7, 11) is 1.69. The van der Waals surface area contributed by atoms with E-state index in [-0.39, 0.29) is 0 Å². The lowest BCUT2D eigenvalue weighted by Gasteiger charge is -2.02. The number of halogens is 1. The number of rotatable bonds is 3. The molecule has 1 N–H and O–H groups in total. The Morgan fingerprint density at radius 2 is 2.36 bits per heavy atom. The molecule has 2 rings (SSSR count). The zero-order chi connectivity index (χ0) is 9.97. The molecule has 0 atom stereocenters. The molecule has 14 heavy (non-hydrogen) atoms. The monoisotopic (exact) mass is 210 g/mol. The highest BCUT2D eigenvalue weighted by Crippen LogP contribution is 2.22. The van der Waals surface area contributed by atoms with Crippen molar-refractivity contribution in [2.75, 3.05) is 13.7 Å². The van der Waals surface area contributed by atoms with Crippen molar-refractivity contribution in [2.24, 2.45) is 0 Å². The molecule has 0 aliphatic rings. The molecule has 0 amide bonds. The van der Waals surface area contributed by atoms with Crippen LogP contribution in [0, 0.1) is 0 Å². The van der Waals surface area contributed by atoms with E-state index in [1.54, 1.807) is 7.11 Å². The molecule has 4 heteroatoms. The van der Waals surface area contributed by atoms with E-state index in [2.05, 4.69) is 10.2 Å². The van der Waals surface area contributed by atoms with Crippen molar-refractivity contribution in [1.82, 2.24) is 10.2 Å². The first-order chi connectivity index (χ1) is 6.81. The van der Waals surface area contributed by atoms with Crippen LogP contribution in [0.4, 0.5) is 0 Å². The van der Waals surface area contributed by atoms with Gasteiger partial charge in [-0.2, -0.15) is 5.10 Å². The van der Waals surface area contributed by atoms with E-state index in [0.29, 0.717) is 6.61 Å². The molecule has 1 aromatic heterocycles. The van der Waals surface area contributed by atoms with E-state index in [9.17, 15) is 0 Å². The fourth-order valence-electron chi connectivity index (χ4n) is 1.50. The number of methoxy groups -OCH3 is 1. The van der Waals surface area contributed by atoms with Crippen molar-refractivity contribution in [3.05, 3.63) is 28.9 Å². The van der Waals surface area contributed by atoms with Gasteiger partial charge in [0, 0.05) is 17.5 Å². The van der Waals surface area contributed by atoms with Gasteiger partial charge in [-0.1, -0.05) is 11.6 Å². The number of ether oxygens (including phenoxy) is 1. The second-order valence-corrected chi connectivity index (χ2v) is 3.58. The Labute approximate surface area is 87.0 Å². The number of nitrogens with one attached hydrogen (secondary N) is 1. The summed E-state index contributed by atoms with van der Waals surface area (Å²) in [5.41, 5.74) is 2.15. The zero-order valence-electron chi connectivity index (χ0n) is 7.88. The van der Waals surface area contributed by atoms with E-state index in [0.717, 1.165) is 22.3 Å². The Hall–Kier alpha value is -1.06. The molecule has 2 aromatic rings. The lowest BCUT2D eigenvalue weighted by atomic mass is 10.1.